The average Bonchev–Trinajstić information content (AvgIpc) is 2.39. The van der Waals surface area contributed by atoms with Crippen LogP contribution in [0.25, 0.3) is 0 Å². The number of amides is 1. The molecule has 0 bridgehead atoms. The van der Waals surface area contributed by atoms with Crippen molar-refractivity contribution in [3.8, 4) is 0 Å². The second kappa shape index (κ2) is 7.86. The van der Waals surface area contributed by atoms with Crippen LogP contribution in [0, 0.1) is 5.41 Å². The Bertz CT molecular complexity index is 286. The Morgan fingerprint density at radius 1 is 1.44 bits per heavy atom. The number of carbonyl (C=O) groups is 1. The maximum Gasteiger partial charge on any atom is 0.228 e. The van der Waals surface area contributed by atoms with Gasteiger partial charge in [0.05, 0.1) is 12.0 Å². The Balaban J connectivity index is 2.46. The second-order valence-corrected chi connectivity index (χ2v) is 6.52. The molecule has 0 spiro atoms. The fourth-order valence-electron chi connectivity index (χ4n) is 2.23. The molecule has 1 atom stereocenters. The molecule has 1 fully saturated rings. The molecule has 1 saturated heterocycles. The summed E-state index contributed by atoms with van der Waals surface area (Å²) in [5.74, 6) is 1.21. The molecule has 1 rings (SSSR count). The highest BCUT2D eigenvalue weighted by molar-refractivity contribution is 7.84. The number of piperidine rings is 1. The number of ether oxygens (including phenoxy) is 1. The van der Waals surface area contributed by atoms with Crippen molar-refractivity contribution in [2.45, 2.75) is 19.8 Å². The monoisotopic (exact) mass is 276 g/mol. The summed E-state index contributed by atoms with van der Waals surface area (Å²) >= 11 is 0. The van der Waals surface area contributed by atoms with Crippen molar-refractivity contribution in [3.63, 3.8) is 0 Å². The third-order valence-electron chi connectivity index (χ3n) is 3.40. The van der Waals surface area contributed by atoms with Gasteiger partial charge in [-0.3, -0.25) is 9.00 Å². The van der Waals surface area contributed by atoms with Crippen molar-refractivity contribution in [1.82, 2.24) is 10.6 Å². The molecule has 0 radical (unpaired) electrons. The van der Waals surface area contributed by atoms with Crippen molar-refractivity contribution in [3.05, 3.63) is 0 Å². The Labute approximate surface area is 111 Å². The molecule has 0 aromatic heterocycles. The summed E-state index contributed by atoms with van der Waals surface area (Å²) in [7, 11) is 0.804. The third-order valence-corrected chi connectivity index (χ3v) is 4.70. The first-order chi connectivity index (χ1) is 8.64. The van der Waals surface area contributed by atoms with Gasteiger partial charge >= 0.3 is 0 Å². The normalized spacial score (nSPS) is 20.3. The molecule has 0 aromatic carbocycles. The number of hydrogen-bond donors (Lipinski definition) is 2. The average molecular weight is 276 g/mol. The van der Waals surface area contributed by atoms with E-state index in [1.807, 2.05) is 6.92 Å². The zero-order valence-corrected chi connectivity index (χ0v) is 12.1. The highest BCUT2D eigenvalue weighted by Gasteiger charge is 2.39. The van der Waals surface area contributed by atoms with Crippen molar-refractivity contribution in [2.75, 3.05) is 44.9 Å². The van der Waals surface area contributed by atoms with Crippen molar-refractivity contribution in [1.29, 1.82) is 0 Å². The first kappa shape index (κ1) is 15.6. The Hall–Kier alpha value is -0.460. The fourth-order valence-corrected chi connectivity index (χ4v) is 2.85. The molecule has 1 heterocycles. The molecule has 1 amide bonds. The lowest BCUT2D eigenvalue weighted by atomic mass is 9.78. The van der Waals surface area contributed by atoms with Gasteiger partial charge < -0.3 is 15.4 Å². The van der Waals surface area contributed by atoms with Gasteiger partial charge in [0.15, 0.2) is 0 Å². The van der Waals surface area contributed by atoms with Crippen LogP contribution in [-0.4, -0.2) is 55.0 Å². The molecule has 0 saturated carbocycles. The summed E-state index contributed by atoms with van der Waals surface area (Å²) in [5, 5.41) is 6.16. The van der Waals surface area contributed by atoms with Gasteiger partial charge in [-0.25, -0.2) is 0 Å². The van der Waals surface area contributed by atoms with Crippen LogP contribution in [-0.2, 0) is 20.3 Å². The minimum absolute atomic E-state index is 0.0407. The molecule has 6 heteroatoms. The lowest BCUT2D eigenvalue weighted by Crippen LogP contribution is -2.50. The predicted octanol–water partition coefficient (Wildman–Crippen LogP) is -0.113. The number of methoxy groups -OCH3 is 1. The van der Waals surface area contributed by atoms with E-state index in [4.69, 9.17) is 4.74 Å². The Morgan fingerprint density at radius 2 is 2.11 bits per heavy atom. The van der Waals surface area contributed by atoms with E-state index >= 15 is 0 Å². The smallest absolute Gasteiger partial charge is 0.228 e. The van der Waals surface area contributed by atoms with Gasteiger partial charge in [-0.1, -0.05) is 6.92 Å². The van der Waals surface area contributed by atoms with E-state index in [0.717, 1.165) is 25.9 Å². The number of carbonyl (C=O) groups excluding carboxylic acids is 1. The SMILES string of the molecule is CCS(=O)CCNC(=O)C1(COC)CCNCC1. The minimum atomic E-state index is -0.824. The largest absolute Gasteiger partial charge is 0.384 e. The van der Waals surface area contributed by atoms with Crippen LogP contribution in [0.2, 0.25) is 0 Å². The summed E-state index contributed by atoms with van der Waals surface area (Å²) in [5.41, 5.74) is -0.409. The van der Waals surface area contributed by atoms with Crippen molar-refractivity contribution >= 4 is 16.7 Å². The zero-order valence-electron chi connectivity index (χ0n) is 11.3. The maximum absolute atomic E-state index is 12.3. The molecule has 106 valence electrons. The Morgan fingerprint density at radius 3 is 2.67 bits per heavy atom. The zero-order chi connectivity index (χ0) is 13.4. The van der Waals surface area contributed by atoms with Crippen LogP contribution in [0.1, 0.15) is 19.8 Å². The van der Waals surface area contributed by atoms with Gasteiger partial charge in [-0.2, -0.15) is 0 Å². The van der Waals surface area contributed by atoms with Crippen LogP contribution in [0.15, 0.2) is 0 Å². The minimum Gasteiger partial charge on any atom is -0.384 e. The molecular weight excluding hydrogens is 252 g/mol. The molecule has 5 nitrogen and oxygen atoms in total. The molecule has 0 aromatic rings. The van der Waals surface area contributed by atoms with Crippen molar-refractivity contribution < 1.29 is 13.7 Å². The van der Waals surface area contributed by atoms with Gasteiger partial charge in [-0.15, -0.1) is 0 Å². The maximum atomic E-state index is 12.3. The van der Waals surface area contributed by atoms with E-state index in [-0.39, 0.29) is 5.91 Å². The first-order valence-corrected chi connectivity index (χ1v) is 7.96. The van der Waals surface area contributed by atoms with E-state index in [1.54, 1.807) is 7.11 Å². The molecule has 1 aliphatic rings. The van der Waals surface area contributed by atoms with E-state index in [9.17, 15) is 9.00 Å². The van der Waals surface area contributed by atoms with E-state index in [2.05, 4.69) is 10.6 Å². The first-order valence-electron chi connectivity index (χ1n) is 6.47. The van der Waals surface area contributed by atoms with E-state index in [0.29, 0.717) is 24.7 Å². The van der Waals surface area contributed by atoms with Gasteiger partial charge in [0.2, 0.25) is 5.91 Å². The predicted molar refractivity (Wildman–Crippen MR) is 73.0 cm³/mol. The number of rotatable bonds is 7. The lowest BCUT2D eigenvalue weighted by Gasteiger charge is -2.35. The van der Waals surface area contributed by atoms with E-state index in [1.165, 1.54) is 0 Å². The molecule has 1 aliphatic heterocycles. The summed E-state index contributed by atoms with van der Waals surface area (Å²) in [4.78, 5) is 12.3. The fraction of sp³-hybridized carbons (Fsp3) is 0.917. The van der Waals surface area contributed by atoms with Gasteiger partial charge in [0.1, 0.15) is 0 Å². The molecule has 1 unspecified atom stereocenters. The van der Waals surface area contributed by atoms with Crippen molar-refractivity contribution in [2.24, 2.45) is 5.41 Å². The van der Waals surface area contributed by atoms with Gasteiger partial charge in [0.25, 0.3) is 0 Å². The quantitative estimate of drug-likeness (QED) is 0.681. The van der Waals surface area contributed by atoms with Crippen LogP contribution >= 0.6 is 0 Å². The molecular formula is C12H24N2O3S. The summed E-state index contributed by atoms with van der Waals surface area (Å²) in [6.45, 7) is 4.52. The highest BCUT2D eigenvalue weighted by Crippen LogP contribution is 2.29. The third kappa shape index (κ3) is 4.33. The van der Waals surface area contributed by atoms with Crippen LogP contribution in [0.5, 0.6) is 0 Å². The number of nitrogens with one attached hydrogen (secondary N) is 2. The summed E-state index contributed by atoms with van der Waals surface area (Å²) < 4.78 is 16.5. The topological polar surface area (TPSA) is 67.4 Å². The highest BCUT2D eigenvalue weighted by atomic mass is 32.2. The van der Waals surface area contributed by atoms with Gasteiger partial charge in [0, 0.05) is 36.0 Å². The Kier molecular flexibility index (Phi) is 6.81. The molecule has 18 heavy (non-hydrogen) atoms. The standard InChI is InChI=1S/C12H24N2O3S/c1-3-18(16)9-8-14-11(15)12(10-17-2)4-6-13-7-5-12/h13H,3-10H2,1-2H3,(H,14,15). The van der Waals surface area contributed by atoms with E-state index < -0.39 is 16.2 Å². The summed E-state index contributed by atoms with van der Waals surface area (Å²) in [6, 6.07) is 0. The number of hydrogen-bond acceptors (Lipinski definition) is 4. The van der Waals surface area contributed by atoms with Crippen LogP contribution in [0.4, 0.5) is 0 Å². The molecule has 2 N–H and O–H groups in total. The van der Waals surface area contributed by atoms with Gasteiger partial charge in [-0.05, 0) is 25.9 Å². The summed E-state index contributed by atoms with van der Waals surface area (Å²) in [6.07, 6.45) is 1.59. The van der Waals surface area contributed by atoms with Crippen LogP contribution in [0.3, 0.4) is 0 Å². The molecule has 0 aliphatic carbocycles. The lowest BCUT2D eigenvalue weighted by molar-refractivity contribution is -0.136. The van der Waals surface area contributed by atoms with Crippen LogP contribution < -0.4 is 10.6 Å². The second-order valence-electron chi connectivity index (χ2n) is 4.65.